The smallest absolute Gasteiger partial charge is 0.320 e. The van der Waals surface area contributed by atoms with Gasteiger partial charge < -0.3 is 19.9 Å². The third-order valence-corrected chi connectivity index (χ3v) is 6.29. The molecule has 0 saturated heterocycles. The van der Waals surface area contributed by atoms with Crippen LogP contribution in [-0.2, 0) is 19.1 Å². The number of hydrogen-bond donors (Lipinski definition) is 2. The molecule has 3 rings (SSSR count). The Morgan fingerprint density at radius 2 is 1.65 bits per heavy atom. The highest BCUT2D eigenvalue weighted by Gasteiger charge is 2.36. The van der Waals surface area contributed by atoms with Crippen LogP contribution < -0.4 is 5.32 Å². The lowest BCUT2D eigenvalue weighted by atomic mass is 9.75. The Balaban J connectivity index is 1.58. The second-order valence-corrected chi connectivity index (χ2v) is 9.99. The molecule has 0 heterocycles. The van der Waals surface area contributed by atoms with E-state index in [4.69, 9.17) is 9.47 Å². The molecule has 2 aliphatic rings. The molecule has 0 spiro atoms. The van der Waals surface area contributed by atoms with Crippen molar-refractivity contribution in [2.45, 2.75) is 95.8 Å². The number of esters is 2. The molecular weight excluding hydrogens is 394 g/mol. The molecule has 1 atom stereocenters. The number of phenols is 1. The summed E-state index contributed by atoms with van der Waals surface area (Å²) in [5.41, 5.74) is 0.430. The number of hydrogen-bond acceptors (Lipinski definition) is 6. The van der Waals surface area contributed by atoms with Gasteiger partial charge in [0.15, 0.2) is 0 Å². The second kappa shape index (κ2) is 10.5. The monoisotopic (exact) mass is 431 g/mol. The number of rotatable bonds is 7. The molecule has 0 bridgehead atoms. The van der Waals surface area contributed by atoms with Crippen molar-refractivity contribution in [3.63, 3.8) is 0 Å². The summed E-state index contributed by atoms with van der Waals surface area (Å²) in [6, 6.07) is 7.19. The van der Waals surface area contributed by atoms with Gasteiger partial charge in [0, 0.05) is 6.04 Å². The Labute approximate surface area is 185 Å². The first-order valence-corrected chi connectivity index (χ1v) is 11.7. The van der Waals surface area contributed by atoms with Gasteiger partial charge in [-0.1, -0.05) is 12.1 Å². The van der Waals surface area contributed by atoms with E-state index in [1.54, 1.807) is 12.1 Å². The average Bonchev–Trinajstić information content (AvgIpc) is 3.21. The fraction of sp³-hybridized carbons (Fsp3) is 0.680. The summed E-state index contributed by atoms with van der Waals surface area (Å²) in [5, 5.41) is 13.0. The molecule has 0 aliphatic heterocycles. The van der Waals surface area contributed by atoms with Crippen LogP contribution in [-0.4, -0.2) is 41.3 Å². The topological polar surface area (TPSA) is 84.9 Å². The van der Waals surface area contributed by atoms with Crippen molar-refractivity contribution in [3.05, 3.63) is 29.8 Å². The van der Waals surface area contributed by atoms with Crippen molar-refractivity contribution >= 4 is 11.9 Å². The van der Waals surface area contributed by atoms with Gasteiger partial charge in [-0.2, -0.15) is 0 Å². The summed E-state index contributed by atoms with van der Waals surface area (Å²) < 4.78 is 11.3. The molecule has 2 aliphatic carbocycles. The SMILES string of the molecule is CC(C)(C)OC(=O)CNC1CCC([C@@H](C(=O)OC2CCCC2)c2ccc(O)cc2)CC1. The van der Waals surface area contributed by atoms with E-state index in [1.165, 1.54) is 0 Å². The molecule has 0 amide bonds. The zero-order valence-electron chi connectivity index (χ0n) is 19.1. The van der Waals surface area contributed by atoms with E-state index in [0.29, 0.717) is 0 Å². The second-order valence-electron chi connectivity index (χ2n) is 9.99. The van der Waals surface area contributed by atoms with Crippen molar-refractivity contribution in [2.24, 2.45) is 5.92 Å². The number of ether oxygens (including phenoxy) is 2. The van der Waals surface area contributed by atoms with Crippen molar-refractivity contribution in [1.82, 2.24) is 5.32 Å². The van der Waals surface area contributed by atoms with Gasteiger partial charge in [0.05, 0.1) is 12.5 Å². The minimum Gasteiger partial charge on any atom is -0.508 e. The molecule has 1 aromatic carbocycles. The maximum absolute atomic E-state index is 13.2. The zero-order valence-corrected chi connectivity index (χ0v) is 19.1. The number of carbonyl (C=O) groups is 2. The third kappa shape index (κ3) is 7.23. The van der Waals surface area contributed by atoms with Crippen LogP contribution in [0.3, 0.4) is 0 Å². The molecule has 6 nitrogen and oxygen atoms in total. The van der Waals surface area contributed by atoms with Crippen molar-refractivity contribution in [3.8, 4) is 5.75 Å². The van der Waals surface area contributed by atoms with Gasteiger partial charge in [-0.15, -0.1) is 0 Å². The summed E-state index contributed by atoms with van der Waals surface area (Å²) >= 11 is 0. The van der Waals surface area contributed by atoms with Gasteiger partial charge in [0.25, 0.3) is 0 Å². The van der Waals surface area contributed by atoms with Gasteiger partial charge in [0.2, 0.25) is 0 Å². The lowest BCUT2D eigenvalue weighted by Crippen LogP contribution is -2.40. The number of phenolic OH excluding ortho intramolecular Hbond substituents is 1. The summed E-state index contributed by atoms with van der Waals surface area (Å²) in [4.78, 5) is 25.1. The first kappa shape index (κ1) is 23.6. The molecule has 172 valence electrons. The molecule has 31 heavy (non-hydrogen) atoms. The predicted molar refractivity (Wildman–Crippen MR) is 119 cm³/mol. The number of nitrogens with one attached hydrogen (secondary N) is 1. The minimum atomic E-state index is -0.479. The van der Waals surface area contributed by atoms with Crippen LogP contribution >= 0.6 is 0 Å². The fourth-order valence-corrected chi connectivity index (χ4v) is 4.79. The Morgan fingerprint density at radius 1 is 1.03 bits per heavy atom. The van der Waals surface area contributed by atoms with Crippen LogP contribution in [0.25, 0.3) is 0 Å². The van der Waals surface area contributed by atoms with Crippen LogP contribution in [0.15, 0.2) is 24.3 Å². The lowest BCUT2D eigenvalue weighted by Gasteiger charge is -2.34. The van der Waals surface area contributed by atoms with E-state index in [1.807, 2.05) is 32.9 Å². The van der Waals surface area contributed by atoms with Crippen LogP contribution in [0.4, 0.5) is 0 Å². The van der Waals surface area contributed by atoms with E-state index in [2.05, 4.69) is 5.32 Å². The Bertz CT molecular complexity index is 725. The van der Waals surface area contributed by atoms with Gasteiger partial charge in [-0.05, 0) is 95.8 Å². The van der Waals surface area contributed by atoms with Crippen molar-refractivity contribution in [1.29, 1.82) is 0 Å². The highest BCUT2D eigenvalue weighted by molar-refractivity contribution is 5.79. The first-order valence-electron chi connectivity index (χ1n) is 11.7. The van der Waals surface area contributed by atoms with E-state index < -0.39 is 5.60 Å². The summed E-state index contributed by atoms with van der Waals surface area (Å²) in [5.74, 6) is -0.299. The first-order chi connectivity index (χ1) is 14.7. The van der Waals surface area contributed by atoms with Crippen LogP contribution in [0.5, 0.6) is 5.75 Å². The van der Waals surface area contributed by atoms with E-state index in [-0.39, 0.29) is 48.2 Å². The molecule has 0 aromatic heterocycles. The quantitative estimate of drug-likeness (QED) is 0.621. The summed E-state index contributed by atoms with van der Waals surface area (Å²) in [7, 11) is 0. The normalized spacial score (nSPS) is 23.3. The molecular formula is C25H37NO5. The Kier molecular flexibility index (Phi) is 7.98. The molecule has 0 unspecified atom stereocenters. The van der Waals surface area contributed by atoms with Crippen LogP contribution in [0.2, 0.25) is 0 Å². The third-order valence-electron chi connectivity index (χ3n) is 6.29. The molecule has 0 radical (unpaired) electrons. The highest BCUT2D eigenvalue weighted by Crippen LogP contribution is 2.38. The molecule has 1 aromatic rings. The zero-order chi connectivity index (χ0) is 22.4. The molecule has 2 fully saturated rings. The standard InChI is InChI=1S/C25H37NO5/c1-25(2,3)31-22(28)16-26-19-12-8-17(9-13-19)23(18-10-14-20(27)15-11-18)24(29)30-21-6-4-5-7-21/h10-11,14-15,17,19,21,23,26-27H,4-9,12-13,16H2,1-3H3/t17?,19?,23-/m1/s1. The van der Waals surface area contributed by atoms with Crippen LogP contribution in [0, 0.1) is 5.92 Å². The Morgan fingerprint density at radius 3 is 2.23 bits per heavy atom. The average molecular weight is 432 g/mol. The minimum absolute atomic E-state index is 0.0407. The van der Waals surface area contributed by atoms with Gasteiger partial charge >= 0.3 is 11.9 Å². The number of carbonyl (C=O) groups excluding carboxylic acids is 2. The maximum Gasteiger partial charge on any atom is 0.320 e. The van der Waals surface area contributed by atoms with E-state index in [0.717, 1.165) is 56.9 Å². The highest BCUT2D eigenvalue weighted by atomic mass is 16.6. The lowest BCUT2D eigenvalue weighted by molar-refractivity contribution is -0.154. The van der Waals surface area contributed by atoms with Gasteiger partial charge in [0.1, 0.15) is 17.5 Å². The van der Waals surface area contributed by atoms with E-state index >= 15 is 0 Å². The number of benzene rings is 1. The molecule has 6 heteroatoms. The Hall–Kier alpha value is -2.08. The van der Waals surface area contributed by atoms with Crippen LogP contribution in [0.1, 0.15) is 83.6 Å². The summed E-state index contributed by atoms with van der Waals surface area (Å²) in [6.45, 7) is 5.80. The predicted octanol–water partition coefficient (Wildman–Crippen LogP) is 4.45. The maximum atomic E-state index is 13.2. The van der Waals surface area contributed by atoms with Gasteiger partial charge in [-0.3, -0.25) is 9.59 Å². The molecule has 2 saturated carbocycles. The largest absolute Gasteiger partial charge is 0.508 e. The van der Waals surface area contributed by atoms with Gasteiger partial charge in [-0.25, -0.2) is 0 Å². The van der Waals surface area contributed by atoms with Crippen molar-refractivity contribution < 1.29 is 24.2 Å². The number of aromatic hydroxyl groups is 1. The molecule has 2 N–H and O–H groups in total. The van der Waals surface area contributed by atoms with Crippen molar-refractivity contribution in [2.75, 3.05) is 6.54 Å². The summed E-state index contributed by atoms with van der Waals surface area (Å²) in [6.07, 6.45) is 7.77. The fourth-order valence-electron chi connectivity index (χ4n) is 4.79. The van der Waals surface area contributed by atoms with E-state index in [9.17, 15) is 14.7 Å².